The van der Waals surface area contributed by atoms with Gasteiger partial charge in [-0.1, -0.05) is 60.3 Å². The molecule has 0 radical (unpaired) electrons. The van der Waals surface area contributed by atoms with E-state index in [-0.39, 0.29) is 12.2 Å². The van der Waals surface area contributed by atoms with Crippen LogP contribution in [0, 0.1) is 0 Å². The molecule has 0 amide bonds. The number of nitrogens with one attached hydrogen (secondary N) is 1. The monoisotopic (exact) mass is 439 g/mol. The number of aromatic nitrogens is 2. The number of rotatable bonds is 12. The highest BCUT2D eigenvalue weighted by molar-refractivity contribution is 5.31. The number of hydrogen-bond donors (Lipinski definition) is 3. The second-order valence-corrected chi connectivity index (χ2v) is 7.89. The minimum absolute atomic E-state index is 0.0294. The topological polar surface area (TPSA) is 96.4 Å². The summed E-state index contributed by atoms with van der Waals surface area (Å²) in [5.41, 5.74) is 2.56. The lowest BCUT2D eigenvalue weighted by molar-refractivity contribution is 0.190. The van der Waals surface area contributed by atoms with Crippen molar-refractivity contribution in [2.75, 3.05) is 37.4 Å². The largest absolute Gasteiger partial charge is 0.395 e. The summed E-state index contributed by atoms with van der Waals surface area (Å²) >= 11 is 0. The summed E-state index contributed by atoms with van der Waals surface area (Å²) in [7, 11) is 0. The van der Waals surface area contributed by atoms with Gasteiger partial charge < -0.3 is 16.3 Å². The molecule has 0 unspecified atom stereocenters. The van der Waals surface area contributed by atoms with Crippen LogP contribution >= 0.6 is 0 Å². The molecule has 32 heavy (non-hydrogen) atoms. The van der Waals surface area contributed by atoms with E-state index in [0.29, 0.717) is 37.8 Å². The van der Waals surface area contributed by atoms with E-state index in [1.165, 1.54) is 11.6 Å². The molecule has 7 nitrogen and oxygen atoms in total. The summed E-state index contributed by atoms with van der Waals surface area (Å²) in [6.45, 7) is 8.30. The Kier molecular flexibility index (Phi) is 11.3. The molecule has 1 aliphatic rings. The first-order valence-electron chi connectivity index (χ1n) is 11.3. The second-order valence-electron chi connectivity index (χ2n) is 7.89. The third-order valence-electron chi connectivity index (χ3n) is 5.22. The van der Waals surface area contributed by atoms with Gasteiger partial charge in [-0.15, -0.1) is 0 Å². The van der Waals surface area contributed by atoms with E-state index in [2.05, 4.69) is 40.0 Å². The highest BCUT2D eigenvalue weighted by Crippen LogP contribution is 2.13. The first kappa shape index (κ1) is 25.4. The molecule has 0 saturated carbocycles. The van der Waals surface area contributed by atoms with Crippen molar-refractivity contribution < 1.29 is 5.11 Å². The summed E-state index contributed by atoms with van der Waals surface area (Å²) < 4.78 is 1.05. The quantitative estimate of drug-likeness (QED) is 0.263. The second kappa shape index (κ2) is 14.2. The molecule has 0 aromatic carbocycles. The molecule has 0 saturated heterocycles. The minimum atomic E-state index is -0.313. The maximum Gasteiger partial charge on any atom is 0.273 e. The van der Waals surface area contributed by atoms with E-state index < -0.39 is 0 Å². The van der Waals surface area contributed by atoms with Crippen LogP contribution in [0.25, 0.3) is 0 Å². The molecular weight excluding hydrogens is 402 g/mol. The zero-order valence-corrected chi connectivity index (χ0v) is 19.2. The van der Waals surface area contributed by atoms with Crippen LogP contribution in [-0.4, -0.2) is 45.9 Å². The normalized spacial score (nSPS) is 17.3. The Bertz CT molecular complexity index is 911. The third kappa shape index (κ3) is 9.08. The first-order chi connectivity index (χ1) is 15.5. The summed E-state index contributed by atoms with van der Waals surface area (Å²) in [6, 6.07) is 1.45. The Labute approximate surface area is 191 Å². The van der Waals surface area contributed by atoms with Crippen LogP contribution < -0.4 is 16.7 Å². The Morgan fingerprint density at radius 2 is 2.19 bits per heavy atom. The smallest absolute Gasteiger partial charge is 0.273 e. The van der Waals surface area contributed by atoms with Gasteiger partial charge in [0, 0.05) is 32.2 Å². The van der Waals surface area contributed by atoms with Gasteiger partial charge in [-0.2, -0.15) is 4.68 Å². The molecule has 1 aromatic heterocycles. The van der Waals surface area contributed by atoms with Gasteiger partial charge in [0.1, 0.15) is 0 Å². The summed E-state index contributed by atoms with van der Waals surface area (Å²) in [5.74, 6) is 6.29. The van der Waals surface area contributed by atoms with Crippen molar-refractivity contribution in [2.45, 2.75) is 45.6 Å². The van der Waals surface area contributed by atoms with Gasteiger partial charge in [-0.25, -0.2) is 4.98 Å². The van der Waals surface area contributed by atoms with Gasteiger partial charge in [-0.05, 0) is 39.0 Å². The summed E-state index contributed by atoms with van der Waals surface area (Å²) in [4.78, 5) is 19.0. The van der Waals surface area contributed by atoms with E-state index in [9.17, 15) is 9.90 Å². The minimum Gasteiger partial charge on any atom is -0.395 e. The Hall–Kier alpha value is -2.90. The van der Waals surface area contributed by atoms with Crippen molar-refractivity contribution in [3.63, 3.8) is 0 Å². The third-order valence-corrected chi connectivity index (χ3v) is 5.22. The van der Waals surface area contributed by atoms with E-state index in [0.717, 1.165) is 42.4 Å². The average molecular weight is 440 g/mol. The molecule has 7 heteroatoms. The van der Waals surface area contributed by atoms with Crippen LogP contribution in [-0.2, 0) is 6.54 Å². The van der Waals surface area contributed by atoms with Crippen LogP contribution in [0.5, 0.6) is 0 Å². The number of hydrogen-bond acceptors (Lipinski definition) is 6. The molecule has 4 N–H and O–H groups in total. The van der Waals surface area contributed by atoms with E-state index in [4.69, 9.17) is 5.84 Å². The number of nitrogens with two attached hydrogens (primary N) is 1. The van der Waals surface area contributed by atoms with Crippen molar-refractivity contribution in [1.82, 2.24) is 14.6 Å². The molecule has 0 spiro atoms. The SMILES string of the molecule is C=C(/C=C\C=C/C)CCN(CCO)Cc1cc(=O)n(N)c(NC/C2=C/CCC/C=C\C2)n1. The number of nitrogen functional groups attached to an aromatic ring is 1. The maximum atomic E-state index is 12.4. The summed E-state index contributed by atoms with van der Waals surface area (Å²) in [5, 5.41) is 12.7. The standard InChI is InChI=1S/C25H37N5O2/c1-3-4-8-11-21(2)14-15-29(16-17-31)20-23-18-24(32)30(26)25(28-23)27-19-22-12-9-6-5-7-10-13-22/h3-4,6,8-9,11,13,18,31H,2,5,7,10,12,14-17,19-20,26H2,1H3,(H,27,28)/b4-3-,9-6-,11-8-,22-13+. The number of aliphatic hydroxyl groups excluding tert-OH is 1. The van der Waals surface area contributed by atoms with Gasteiger partial charge >= 0.3 is 0 Å². The predicted molar refractivity (Wildman–Crippen MR) is 133 cm³/mol. The molecule has 0 atom stereocenters. The van der Waals surface area contributed by atoms with Gasteiger partial charge in [0.15, 0.2) is 0 Å². The fourth-order valence-corrected chi connectivity index (χ4v) is 3.39. The molecular formula is C25H37N5O2. The molecule has 0 fully saturated rings. The van der Waals surface area contributed by atoms with Crippen LogP contribution in [0.15, 0.2) is 71.1 Å². The van der Waals surface area contributed by atoms with Gasteiger partial charge in [0.25, 0.3) is 5.56 Å². The zero-order chi connectivity index (χ0) is 23.2. The number of aliphatic hydroxyl groups is 1. The lowest BCUT2D eigenvalue weighted by Gasteiger charge is -2.21. The molecule has 0 bridgehead atoms. The molecule has 174 valence electrons. The summed E-state index contributed by atoms with van der Waals surface area (Å²) in [6.07, 6.45) is 19.5. The van der Waals surface area contributed by atoms with Gasteiger partial charge in [0.2, 0.25) is 5.95 Å². The van der Waals surface area contributed by atoms with E-state index in [1.807, 2.05) is 31.2 Å². The van der Waals surface area contributed by atoms with Crippen LogP contribution in [0.2, 0.25) is 0 Å². The highest BCUT2D eigenvalue weighted by atomic mass is 16.3. The van der Waals surface area contributed by atoms with Crippen molar-refractivity contribution >= 4 is 5.95 Å². The number of nitrogens with zero attached hydrogens (tertiary/aromatic N) is 3. The van der Waals surface area contributed by atoms with Crippen LogP contribution in [0.1, 0.15) is 44.7 Å². The fraction of sp³-hybridized carbons (Fsp3) is 0.440. The molecule has 2 rings (SSSR count). The van der Waals surface area contributed by atoms with Crippen molar-refractivity contribution in [1.29, 1.82) is 0 Å². The molecule has 1 heterocycles. The van der Waals surface area contributed by atoms with Gasteiger partial charge in [-0.3, -0.25) is 9.69 Å². The lowest BCUT2D eigenvalue weighted by atomic mass is 10.1. The first-order valence-corrected chi connectivity index (χ1v) is 11.3. The molecule has 1 aromatic rings. The van der Waals surface area contributed by atoms with Crippen LogP contribution in [0.4, 0.5) is 5.95 Å². The van der Waals surface area contributed by atoms with Crippen LogP contribution in [0.3, 0.4) is 0 Å². The van der Waals surface area contributed by atoms with Gasteiger partial charge in [0.05, 0.1) is 12.3 Å². The average Bonchev–Trinajstić information content (AvgIpc) is 2.74. The highest BCUT2D eigenvalue weighted by Gasteiger charge is 2.12. The predicted octanol–water partition coefficient (Wildman–Crippen LogP) is 3.30. The number of anilines is 1. The molecule has 1 aliphatic carbocycles. The lowest BCUT2D eigenvalue weighted by Crippen LogP contribution is -2.34. The Morgan fingerprint density at radius 1 is 1.34 bits per heavy atom. The molecule has 0 aliphatic heterocycles. The van der Waals surface area contributed by atoms with Crippen molar-refractivity contribution in [3.05, 3.63) is 82.4 Å². The fourth-order valence-electron chi connectivity index (χ4n) is 3.39. The van der Waals surface area contributed by atoms with Crippen molar-refractivity contribution in [2.24, 2.45) is 0 Å². The van der Waals surface area contributed by atoms with E-state index >= 15 is 0 Å². The Balaban J connectivity index is 2.04. The zero-order valence-electron chi connectivity index (χ0n) is 19.2. The Morgan fingerprint density at radius 3 is 2.97 bits per heavy atom. The maximum absolute atomic E-state index is 12.4. The van der Waals surface area contributed by atoms with Crippen molar-refractivity contribution in [3.8, 4) is 0 Å². The van der Waals surface area contributed by atoms with E-state index in [1.54, 1.807) is 0 Å². The number of allylic oxidation sites excluding steroid dienone is 7.